The van der Waals surface area contributed by atoms with Crippen LogP contribution in [0.4, 0.5) is 10.1 Å². The third-order valence-corrected chi connectivity index (χ3v) is 10.3. The van der Waals surface area contributed by atoms with E-state index in [1.54, 1.807) is 48.5 Å². The van der Waals surface area contributed by atoms with Crippen LogP contribution in [0.2, 0.25) is 0 Å². The fraction of sp³-hybridized carbons (Fsp3) is 0.278. The van der Waals surface area contributed by atoms with Crippen molar-refractivity contribution in [1.29, 1.82) is 0 Å². The fourth-order valence-corrected chi connectivity index (χ4v) is 6.72. The molecule has 0 saturated carbocycles. The number of sulfonamides is 1. The van der Waals surface area contributed by atoms with Crippen molar-refractivity contribution in [1.82, 2.24) is 10.2 Å². The Kier molecular flexibility index (Phi) is 12.0. The quantitative estimate of drug-likeness (QED) is 0.154. The topological polar surface area (TPSA) is 86.8 Å². The molecule has 4 aromatic carbocycles. The molecule has 4 rings (SSSR count). The van der Waals surface area contributed by atoms with Crippen LogP contribution in [0.1, 0.15) is 37.0 Å². The van der Waals surface area contributed by atoms with Gasteiger partial charge in [0, 0.05) is 23.9 Å². The minimum atomic E-state index is -4.20. The number of aryl methyl sites for hydroxylation is 1. The van der Waals surface area contributed by atoms with Gasteiger partial charge < -0.3 is 10.2 Å². The number of hydrogen-bond donors (Lipinski definition) is 1. The Labute approximate surface area is 275 Å². The Morgan fingerprint density at radius 1 is 0.870 bits per heavy atom. The van der Waals surface area contributed by atoms with Gasteiger partial charge in [-0.1, -0.05) is 67.1 Å². The number of thioether (sulfide) groups is 1. The van der Waals surface area contributed by atoms with Gasteiger partial charge >= 0.3 is 0 Å². The third-order valence-electron chi connectivity index (χ3n) is 7.79. The molecule has 0 saturated heterocycles. The normalized spacial score (nSPS) is 12.6. The second kappa shape index (κ2) is 15.9. The number of benzene rings is 4. The van der Waals surface area contributed by atoms with Crippen LogP contribution in [-0.4, -0.2) is 50.0 Å². The summed E-state index contributed by atoms with van der Waals surface area (Å²) in [6.45, 7) is 5.14. The maximum Gasteiger partial charge on any atom is 0.264 e. The zero-order valence-electron chi connectivity index (χ0n) is 26.5. The monoisotopic (exact) mass is 661 g/mol. The number of nitrogens with zero attached hydrogens (tertiary/aromatic N) is 2. The van der Waals surface area contributed by atoms with Crippen molar-refractivity contribution in [3.05, 3.63) is 126 Å². The summed E-state index contributed by atoms with van der Waals surface area (Å²) in [7, 11) is -4.20. The molecule has 0 aliphatic carbocycles. The lowest BCUT2D eigenvalue weighted by molar-refractivity contribution is -0.140. The maximum atomic E-state index is 14.5. The lowest BCUT2D eigenvalue weighted by Crippen LogP contribution is -2.54. The number of halogens is 1. The molecule has 0 spiro atoms. The van der Waals surface area contributed by atoms with E-state index in [1.807, 2.05) is 57.4 Å². The van der Waals surface area contributed by atoms with E-state index in [1.165, 1.54) is 40.9 Å². The molecule has 242 valence electrons. The molecule has 0 heterocycles. The number of carbonyl (C=O) groups is 2. The van der Waals surface area contributed by atoms with Crippen LogP contribution >= 0.6 is 11.8 Å². The number of nitrogens with one attached hydrogen (secondary N) is 1. The van der Waals surface area contributed by atoms with Crippen molar-refractivity contribution < 1.29 is 22.4 Å². The van der Waals surface area contributed by atoms with Crippen LogP contribution in [0.25, 0.3) is 0 Å². The number of carbonyl (C=O) groups excluding carboxylic acids is 2. The van der Waals surface area contributed by atoms with Gasteiger partial charge in [0.2, 0.25) is 11.8 Å². The molecule has 46 heavy (non-hydrogen) atoms. The third kappa shape index (κ3) is 8.98. The summed E-state index contributed by atoms with van der Waals surface area (Å²) in [6.07, 6.45) is 2.79. The lowest BCUT2D eigenvalue weighted by atomic mass is 10.0. The molecule has 0 aliphatic rings. The Morgan fingerprint density at radius 3 is 2.09 bits per heavy atom. The highest BCUT2D eigenvalue weighted by molar-refractivity contribution is 7.98. The first-order chi connectivity index (χ1) is 22.0. The van der Waals surface area contributed by atoms with Gasteiger partial charge in [-0.3, -0.25) is 13.9 Å². The Balaban J connectivity index is 1.80. The van der Waals surface area contributed by atoms with Gasteiger partial charge in [0.05, 0.1) is 10.6 Å². The average molecular weight is 662 g/mol. The summed E-state index contributed by atoms with van der Waals surface area (Å²) in [5.74, 6) is -1.36. The molecule has 0 aromatic heterocycles. The zero-order chi connectivity index (χ0) is 33.3. The molecular weight excluding hydrogens is 622 g/mol. The first-order valence-corrected chi connectivity index (χ1v) is 17.8. The standard InChI is InChI=1S/C36H40FN3O4S2/c1-5-27(3)38-36(42)34(23-28-9-7-6-8-10-28)39(24-29-13-15-30(37)16-14-29)35(41)25-40(31-17-11-26(2)12-18-31)46(43,44)33-21-19-32(45-4)20-22-33/h6-22,27,34H,5,23-25H2,1-4H3,(H,38,42)/t27-,34-/m1/s1. The van der Waals surface area contributed by atoms with Gasteiger partial charge in [-0.15, -0.1) is 11.8 Å². The van der Waals surface area contributed by atoms with E-state index in [-0.39, 0.29) is 29.8 Å². The molecule has 10 heteroatoms. The first-order valence-electron chi connectivity index (χ1n) is 15.1. The molecule has 0 aliphatic heterocycles. The molecule has 1 N–H and O–H groups in total. The molecule has 2 amide bonds. The van der Waals surface area contributed by atoms with E-state index in [4.69, 9.17) is 0 Å². The minimum Gasteiger partial charge on any atom is -0.352 e. The van der Waals surface area contributed by atoms with Crippen molar-refractivity contribution in [3.63, 3.8) is 0 Å². The van der Waals surface area contributed by atoms with Crippen molar-refractivity contribution in [2.45, 2.75) is 62.0 Å². The molecular formula is C36H40FN3O4S2. The second-order valence-corrected chi connectivity index (χ2v) is 13.9. The van der Waals surface area contributed by atoms with Crippen molar-refractivity contribution >= 4 is 39.3 Å². The fourth-order valence-electron chi connectivity index (χ4n) is 4.90. The van der Waals surface area contributed by atoms with Crippen molar-refractivity contribution in [3.8, 4) is 0 Å². The van der Waals surface area contributed by atoms with E-state index >= 15 is 0 Å². The van der Waals surface area contributed by atoms with Crippen LogP contribution in [0, 0.1) is 12.7 Å². The SMILES string of the molecule is CC[C@@H](C)NC(=O)[C@@H](Cc1ccccc1)N(Cc1ccc(F)cc1)C(=O)CN(c1ccc(C)cc1)S(=O)(=O)c1ccc(SC)cc1. The smallest absolute Gasteiger partial charge is 0.264 e. The van der Waals surface area contributed by atoms with Gasteiger partial charge in [0.15, 0.2) is 0 Å². The maximum absolute atomic E-state index is 14.5. The summed E-state index contributed by atoms with van der Waals surface area (Å²) >= 11 is 1.49. The summed E-state index contributed by atoms with van der Waals surface area (Å²) in [4.78, 5) is 30.7. The summed E-state index contributed by atoms with van der Waals surface area (Å²) in [6, 6.07) is 27.3. The van der Waals surface area contributed by atoms with Crippen LogP contribution in [0.5, 0.6) is 0 Å². The van der Waals surface area contributed by atoms with Crippen LogP contribution in [0.15, 0.2) is 113 Å². The van der Waals surface area contributed by atoms with Crippen molar-refractivity contribution in [2.24, 2.45) is 0 Å². The van der Waals surface area contributed by atoms with Crippen LogP contribution in [0.3, 0.4) is 0 Å². The van der Waals surface area contributed by atoms with Gasteiger partial charge in [0.1, 0.15) is 18.4 Å². The summed E-state index contributed by atoms with van der Waals surface area (Å²) in [5.41, 5.74) is 2.68. The number of hydrogen-bond acceptors (Lipinski definition) is 5. The first kappa shape index (κ1) is 34.7. The number of anilines is 1. The van der Waals surface area contributed by atoms with E-state index in [9.17, 15) is 22.4 Å². The molecule has 2 atom stereocenters. The van der Waals surface area contributed by atoms with E-state index in [0.717, 1.165) is 20.3 Å². The van der Waals surface area contributed by atoms with Crippen LogP contribution < -0.4 is 9.62 Å². The van der Waals surface area contributed by atoms with Gasteiger partial charge in [0.25, 0.3) is 10.0 Å². The number of rotatable bonds is 14. The molecule has 0 radical (unpaired) electrons. The summed E-state index contributed by atoms with van der Waals surface area (Å²) in [5, 5.41) is 3.01. The lowest BCUT2D eigenvalue weighted by Gasteiger charge is -2.34. The number of amides is 2. The molecule has 7 nitrogen and oxygen atoms in total. The predicted molar refractivity (Wildman–Crippen MR) is 183 cm³/mol. The van der Waals surface area contributed by atoms with Gasteiger partial charge in [-0.2, -0.15) is 0 Å². The second-order valence-electron chi connectivity index (χ2n) is 11.2. The Morgan fingerprint density at radius 2 is 1.50 bits per heavy atom. The molecule has 0 unspecified atom stereocenters. The van der Waals surface area contributed by atoms with Gasteiger partial charge in [-0.25, -0.2) is 12.8 Å². The largest absolute Gasteiger partial charge is 0.352 e. The van der Waals surface area contributed by atoms with E-state index in [2.05, 4.69) is 5.32 Å². The van der Waals surface area contributed by atoms with Gasteiger partial charge in [-0.05, 0) is 86.2 Å². The highest BCUT2D eigenvalue weighted by Crippen LogP contribution is 2.27. The predicted octanol–water partition coefficient (Wildman–Crippen LogP) is 6.61. The molecule has 0 fully saturated rings. The average Bonchev–Trinajstić information content (AvgIpc) is 3.06. The van der Waals surface area contributed by atoms with E-state index < -0.39 is 34.3 Å². The van der Waals surface area contributed by atoms with Crippen LogP contribution in [-0.2, 0) is 32.6 Å². The Hall–Kier alpha value is -4.15. The summed E-state index contributed by atoms with van der Waals surface area (Å²) < 4.78 is 43.3. The Bertz CT molecular complexity index is 1700. The minimum absolute atomic E-state index is 0.0330. The molecule has 4 aromatic rings. The van der Waals surface area contributed by atoms with Crippen molar-refractivity contribution in [2.75, 3.05) is 17.1 Å². The highest BCUT2D eigenvalue weighted by Gasteiger charge is 2.35. The van der Waals surface area contributed by atoms with E-state index in [0.29, 0.717) is 17.7 Å². The molecule has 0 bridgehead atoms. The highest BCUT2D eigenvalue weighted by atomic mass is 32.2. The zero-order valence-corrected chi connectivity index (χ0v) is 28.2.